The first kappa shape index (κ1) is 21.6. The highest BCUT2D eigenvalue weighted by Gasteiger charge is 2.34. The molecule has 0 saturated heterocycles. The number of amides is 1. The molecule has 1 heterocycles. The van der Waals surface area contributed by atoms with E-state index < -0.39 is 6.04 Å². The molecule has 1 atom stereocenters. The van der Waals surface area contributed by atoms with E-state index >= 15 is 0 Å². The van der Waals surface area contributed by atoms with Gasteiger partial charge in [-0.15, -0.1) is 0 Å². The maximum absolute atomic E-state index is 12.9. The van der Waals surface area contributed by atoms with Crippen LogP contribution in [0.3, 0.4) is 0 Å². The standard InChI is InChI=1S/C23H27NO6/c1-27-20-11-17-9-10-24(22(25)15-30-14-16-7-5-4-6-8-16)19(13-23(26)29-3)18(17)12-21(20)28-2/h4-8,11-12,19H,9-10,13-15H2,1-3H3. The molecule has 160 valence electrons. The van der Waals surface area contributed by atoms with Crippen molar-refractivity contribution < 1.29 is 28.5 Å². The first-order valence-corrected chi connectivity index (χ1v) is 9.80. The summed E-state index contributed by atoms with van der Waals surface area (Å²) < 4.78 is 21.3. The summed E-state index contributed by atoms with van der Waals surface area (Å²) in [4.78, 5) is 26.7. The smallest absolute Gasteiger partial charge is 0.307 e. The zero-order valence-electron chi connectivity index (χ0n) is 17.6. The summed E-state index contributed by atoms with van der Waals surface area (Å²) in [6, 6.07) is 13.0. The van der Waals surface area contributed by atoms with Crippen LogP contribution in [0.25, 0.3) is 0 Å². The second kappa shape index (κ2) is 10.1. The molecule has 0 saturated carbocycles. The van der Waals surface area contributed by atoms with Crippen molar-refractivity contribution in [1.29, 1.82) is 0 Å². The van der Waals surface area contributed by atoms with Gasteiger partial charge in [-0.25, -0.2) is 0 Å². The lowest BCUT2D eigenvalue weighted by Gasteiger charge is -2.37. The number of methoxy groups -OCH3 is 3. The van der Waals surface area contributed by atoms with Gasteiger partial charge in [0.25, 0.3) is 0 Å². The minimum Gasteiger partial charge on any atom is -0.493 e. The van der Waals surface area contributed by atoms with Crippen LogP contribution in [0.5, 0.6) is 11.5 Å². The number of esters is 1. The third-order valence-corrected chi connectivity index (χ3v) is 5.25. The van der Waals surface area contributed by atoms with Gasteiger partial charge in [0.05, 0.1) is 40.4 Å². The molecule has 0 radical (unpaired) electrons. The number of carbonyl (C=O) groups is 2. The van der Waals surface area contributed by atoms with Gasteiger partial charge >= 0.3 is 5.97 Å². The highest BCUT2D eigenvalue weighted by molar-refractivity contribution is 5.80. The number of hydrogen-bond acceptors (Lipinski definition) is 6. The van der Waals surface area contributed by atoms with E-state index in [0.29, 0.717) is 31.1 Å². The molecule has 1 unspecified atom stereocenters. The van der Waals surface area contributed by atoms with Crippen LogP contribution in [0, 0.1) is 0 Å². The number of benzene rings is 2. The summed E-state index contributed by atoms with van der Waals surface area (Å²) in [6.45, 7) is 0.774. The van der Waals surface area contributed by atoms with Gasteiger partial charge in [0, 0.05) is 6.54 Å². The van der Waals surface area contributed by atoms with Crippen LogP contribution in [0.15, 0.2) is 42.5 Å². The van der Waals surface area contributed by atoms with Crippen molar-refractivity contribution in [2.24, 2.45) is 0 Å². The van der Waals surface area contributed by atoms with Gasteiger partial charge in [0.2, 0.25) is 5.91 Å². The van der Waals surface area contributed by atoms with E-state index in [1.807, 2.05) is 42.5 Å². The highest BCUT2D eigenvalue weighted by Crippen LogP contribution is 2.39. The predicted molar refractivity (Wildman–Crippen MR) is 110 cm³/mol. The normalized spacial score (nSPS) is 15.3. The van der Waals surface area contributed by atoms with E-state index in [1.165, 1.54) is 7.11 Å². The number of rotatable bonds is 8. The van der Waals surface area contributed by atoms with Gasteiger partial charge in [-0.05, 0) is 35.2 Å². The van der Waals surface area contributed by atoms with Crippen LogP contribution in [0.1, 0.15) is 29.2 Å². The molecule has 0 bridgehead atoms. The minimum absolute atomic E-state index is 0.0589. The molecule has 0 aromatic heterocycles. The van der Waals surface area contributed by atoms with Gasteiger partial charge in [0.15, 0.2) is 11.5 Å². The summed E-state index contributed by atoms with van der Waals surface area (Å²) >= 11 is 0. The SMILES string of the molecule is COC(=O)CC1c2cc(OC)c(OC)cc2CCN1C(=O)COCc1ccccc1. The lowest BCUT2D eigenvalue weighted by atomic mass is 9.90. The van der Waals surface area contributed by atoms with Crippen molar-refractivity contribution in [2.45, 2.75) is 25.5 Å². The molecule has 1 aliphatic heterocycles. The summed E-state index contributed by atoms with van der Waals surface area (Å²) in [5.41, 5.74) is 2.88. The maximum Gasteiger partial charge on any atom is 0.307 e. The molecule has 30 heavy (non-hydrogen) atoms. The molecular weight excluding hydrogens is 386 g/mol. The van der Waals surface area contributed by atoms with E-state index in [4.69, 9.17) is 18.9 Å². The molecular formula is C23H27NO6. The van der Waals surface area contributed by atoms with E-state index in [0.717, 1.165) is 16.7 Å². The molecule has 0 aliphatic carbocycles. The summed E-state index contributed by atoms with van der Waals surface area (Å²) in [5.74, 6) is 0.630. The second-order valence-corrected chi connectivity index (χ2v) is 7.02. The fourth-order valence-corrected chi connectivity index (χ4v) is 3.70. The molecule has 3 rings (SSSR count). The number of hydrogen-bond donors (Lipinski definition) is 0. The molecule has 7 nitrogen and oxygen atoms in total. The number of carbonyl (C=O) groups excluding carboxylic acids is 2. The van der Waals surface area contributed by atoms with Crippen molar-refractivity contribution >= 4 is 11.9 Å². The van der Waals surface area contributed by atoms with E-state index in [-0.39, 0.29) is 24.9 Å². The fourth-order valence-electron chi connectivity index (χ4n) is 3.70. The number of fused-ring (bicyclic) bond motifs is 1. The van der Waals surface area contributed by atoms with Crippen molar-refractivity contribution in [2.75, 3.05) is 34.5 Å². The van der Waals surface area contributed by atoms with Gasteiger partial charge in [-0.3, -0.25) is 9.59 Å². The highest BCUT2D eigenvalue weighted by atomic mass is 16.5. The zero-order valence-corrected chi connectivity index (χ0v) is 17.6. The van der Waals surface area contributed by atoms with Gasteiger partial charge in [0.1, 0.15) is 6.61 Å². The van der Waals surface area contributed by atoms with Gasteiger partial charge in [-0.1, -0.05) is 30.3 Å². The average Bonchev–Trinajstić information content (AvgIpc) is 2.78. The largest absolute Gasteiger partial charge is 0.493 e. The Bertz CT molecular complexity index is 883. The third kappa shape index (κ3) is 4.91. The summed E-state index contributed by atoms with van der Waals surface area (Å²) in [5, 5.41) is 0. The monoisotopic (exact) mass is 413 g/mol. The quantitative estimate of drug-likeness (QED) is 0.620. The Morgan fingerprint density at radius 3 is 2.40 bits per heavy atom. The van der Waals surface area contributed by atoms with Crippen molar-refractivity contribution in [3.8, 4) is 11.5 Å². The molecule has 0 N–H and O–H groups in total. The van der Waals surface area contributed by atoms with Crippen LogP contribution in [-0.2, 0) is 32.1 Å². The Hall–Kier alpha value is -3.06. The van der Waals surface area contributed by atoms with E-state index in [1.54, 1.807) is 19.1 Å². The Labute approximate surface area is 176 Å². The van der Waals surface area contributed by atoms with Crippen molar-refractivity contribution in [3.63, 3.8) is 0 Å². The second-order valence-electron chi connectivity index (χ2n) is 7.02. The minimum atomic E-state index is -0.450. The van der Waals surface area contributed by atoms with Crippen LogP contribution in [-0.4, -0.2) is 51.3 Å². The van der Waals surface area contributed by atoms with Crippen LogP contribution in [0.4, 0.5) is 0 Å². The average molecular weight is 413 g/mol. The van der Waals surface area contributed by atoms with E-state index in [2.05, 4.69) is 0 Å². The molecule has 1 aliphatic rings. The van der Waals surface area contributed by atoms with Gasteiger partial charge < -0.3 is 23.8 Å². The Morgan fingerprint density at radius 2 is 1.73 bits per heavy atom. The van der Waals surface area contributed by atoms with Crippen LogP contribution >= 0.6 is 0 Å². The fraction of sp³-hybridized carbons (Fsp3) is 0.391. The lowest BCUT2D eigenvalue weighted by Crippen LogP contribution is -2.42. The molecule has 0 spiro atoms. The van der Waals surface area contributed by atoms with Crippen molar-refractivity contribution in [3.05, 3.63) is 59.2 Å². The topological polar surface area (TPSA) is 74.3 Å². The van der Waals surface area contributed by atoms with Crippen molar-refractivity contribution in [1.82, 2.24) is 4.90 Å². The first-order valence-electron chi connectivity index (χ1n) is 9.80. The van der Waals surface area contributed by atoms with Crippen LogP contribution in [0.2, 0.25) is 0 Å². The molecule has 7 heteroatoms. The Morgan fingerprint density at radius 1 is 1.03 bits per heavy atom. The van der Waals surface area contributed by atoms with Gasteiger partial charge in [-0.2, -0.15) is 0 Å². The van der Waals surface area contributed by atoms with Crippen LogP contribution < -0.4 is 9.47 Å². The maximum atomic E-state index is 12.9. The number of nitrogens with zero attached hydrogens (tertiary/aromatic N) is 1. The Kier molecular flexibility index (Phi) is 7.30. The lowest BCUT2D eigenvalue weighted by molar-refractivity contribution is -0.146. The molecule has 2 aromatic carbocycles. The summed E-state index contributed by atoms with van der Waals surface area (Å²) in [6.07, 6.45) is 0.710. The summed E-state index contributed by atoms with van der Waals surface area (Å²) in [7, 11) is 4.48. The Balaban J connectivity index is 1.79. The predicted octanol–water partition coefficient (Wildman–Crippen LogP) is 2.91. The molecule has 1 amide bonds. The molecule has 0 fully saturated rings. The molecule has 2 aromatic rings. The first-order chi connectivity index (χ1) is 14.6. The number of ether oxygens (including phenoxy) is 4. The zero-order chi connectivity index (χ0) is 21.5. The third-order valence-electron chi connectivity index (χ3n) is 5.25. The van der Waals surface area contributed by atoms with E-state index in [9.17, 15) is 9.59 Å².